The van der Waals surface area contributed by atoms with E-state index in [4.69, 9.17) is 15.0 Å². The van der Waals surface area contributed by atoms with Crippen molar-refractivity contribution in [3.05, 3.63) is 140 Å². The quantitative estimate of drug-likeness (QED) is 0.192. The lowest BCUT2D eigenvalue weighted by Crippen LogP contribution is -2.48. The lowest BCUT2D eigenvalue weighted by molar-refractivity contribution is -0.577. The van der Waals surface area contributed by atoms with Gasteiger partial charge in [0, 0.05) is 28.8 Å². The van der Waals surface area contributed by atoms with Crippen LogP contribution in [0.3, 0.4) is 0 Å². The Hall–Kier alpha value is -5.22. The predicted molar refractivity (Wildman–Crippen MR) is 175 cm³/mol. The first-order valence-corrected chi connectivity index (χ1v) is 14.9. The molecule has 0 atom stereocenters. The highest BCUT2D eigenvalue weighted by Crippen LogP contribution is 2.47. The van der Waals surface area contributed by atoms with Crippen LogP contribution in [0.15, 0.2) is 134 Å². The van der Waals surface area contributed by atoms with Crippen LogP contribution < -0.4 is 4.57 Å². The SMILES string of the molecule is C=C1[n+]2ccccc2-c2cc(-c3cccc(-c4nc(-c5ccccc5)nc(-c5ccccc5)n4)c3)ccc2C1(CC)CC. The second kappa shape index (κ2) is 10.9. The molecule has 4 nitrogen and oxygen atoms in total. The van der Waals surface area contributed by atoms with Crippen molar-refractivity contribution in [1.82, 2.24) is 15.0 Å². The monoisotopic (exact) mass is 557 g/mol. The van der Waals surface area contributed by atoms with Gasteiger partial charge in [-0.1, -0.05) is 105 Å². The zero-order chi connectivity index (χ0) is 29.4. The van der Waals surface area contributed by atoms with Gasteiger partial charge in [0.2, 0.25) is 5.69 Å². The Labute approximate surface area is 253 Å². The lowest BCUT2D eigenvalue weighted by atomic mass is 9.68. The molecule has 0 saturated carbocycles. The summed E-state index contributed by atoms with van der Waals surface area (Å²) in [6.45, 7) is 9.12. The fourth-order valence-corrected chi connectivity index (χ4v) is 6.45. The maximum absolute atomic E-state index is 4.95. The highest BCUT2D eigenvalue weighted by Gasteiger charge is 2.45. The van der Waals surface area contributed by atoms with Crippen molar-refractivity contribution in [2.75, 3.05) is 0 Å². The van der Waals surface area contributed by atoms with Gasteiger partial charge in [0.25, 0.3) is 0 Å². The first-order valence-electron chi connectivity index (χ1n) is 14.9. The second-order valence-electron chi connectivity index (χ2n) is 11.1. The van der Waals surface area contributed by atoms with Crippen LogP contribution in [0, 0.1) is 0 Å². The van der Waals surface area contributed by atoms with E-state index in [1.165, 1.54) is 16.8 Å². The van der Waals surface area contributed by atoms with E-state index >= 15 is 0 Å². The Kier molecular flexibility index (Phi) is 6.75. The van der Waals surface area contributed by atoms with Crippen LogP contribution in [0.4, 0.5) is 0 Å². The molecule has 43 heavy (non-hydrogen) atoms. The Morgan fingerprint density at radius 2 is 1.09 bits per heavy atom. The molecule has 0 aliphatic carbocycles. The van der Waals surface area contributed by atoms with Gasteiger partial charge in [-0.2, -0.15) is 4.57 Å². The smallest absolute Gasteiger partial charge is 0.208 e. The van der Waals surface area contributed by atoms with Crippen molar-refractivity contribution >= 4 is 5.70 Å². The maximum atomic E-state index is 4.95. The van der Waals surface area contributed by atoms with E-state index < -0.39 is 0 Å². The number of aromatic nitrogens is 4. The Morgan fingerprint density at radius 1 is 0.558 bits per heavy atom. The molecule has 0 fully saturated rings. The molecule has 0 N–H and O–H groups in total. The summed E-state index contributed by atoms with van der Waals surface area (Å²) in [5.74, 6) is 1.97. The molecule has 0 saturated heterocycles. The van der Waals surface area contributed by atoms with Crippen LogP contribution in [-0.4, -0.2) is 15.0 Å². The highest BCUT2D eigenvalue weighted by molar-refractivity contribution is 5.80. The first-order chi connectivity index (χ1) is 21.1. The zero-order valence-corrected chi connectivity index (χ0v) is 24.5. The topological polar surface area (TPSA) is 42.5 Å². The summed E-state index contributed by atoms with van der Waals surface area (Å²) >= 11 is 0. The zero-order valence-electron chi connectivity index (χ0n) is 24.5. The van der Waals surface area contributed by atoms with E-state index in [2.05, 4.69) is 91.9 Å². The normalized spacial score (nSPS) is 13.3. The van der Waals surface area contributed by atoms with E-state index in [1.807, 2.05) is 60.7 Å². The van der Waals surface area contributed by atoms with E-state index in [-0.39, 0.29) is 5.41 Å². The second-order valence-corrected chi connectivity index (χ2v) is 11.1. The van der Waals surface area contributed by atoms with E-state index in [1.54, 1.807) is 0 Å². The third kappa shape index (κ3) is 4.56. The molecule has 3 heterocycles. The standard InChI is InChI=1S/C39H33N4/c1-4-39(5-2)27(3)43-24-13-12-21-35(43)33-26-31(22-23-34(33)39)30-19-14-20-32(25-30)38-41-36(28-15-8-6-9-16-28)40-37(42-38)29-17-10-7-11-18-29/h6-26H,3-5H2,1-2H3/q+1. The summed E-state index contributed by atoms with van der Waals surface area (Å²) in [4.78, 5) is 14.8. The molecule has 2 aromatic heterocycles. The summed E-state index contributed by atoms with van der Waals surface area (Å²) in [6, 6.07) is 42.0. The van der Waals surface area contributed by atoms with Crippen molar-refractivity contribution in [2.24, 2.45) is 0 Å². The van der Waals surface area contributed by atoms with Crippen LogP contribution in [0.2, 0.25) is 0 Å². The van der Waals surface area contributed by atoms with Gasteiger partial charge >= 0.3 is 0 Å². The van der Waals surface area contributed by atoms with E-state index in [0.29, 0.717) is 17.5 Å². The summed E-state index contributed by atoms with van der Waals surface area (Å²) in [5.41, 5.74) is 9.99. The van der Waals surface area contributed by atoms with Crippen LogP contribution in [0.1, 0.15) is 32.3 Å². The lowest BCUT2D eigenvalue weighted by Gasteiger charge is -2.35. The Morgan fingerprint density at radius 3 is 1.72 bits per heavy atom. The third-order valence-corrected chi connectivity index (χ3v) is 8.87. The van der Waals surface area contributed by atoms with Crippen molar-refractivity contribution in [1.29, 1.82) is 0 Å². The number of hydrogen-bond donors (Lipinski definition) is 0. The van der Waals surface area contributed by atoms with Crippen molar-refractivity contribution in [2.45, 2.75) is 32.1 Å². The van der Waals surface area contributed by atoms with Crippen molar-refractivity contribution in [3.8, 4) is 56.5 Å². The maximum Gasteiger partial charge on any atom is 0.218 e. The van der Waals surface area contributed by atoms with Gasteiger partial charge < -0.3 is 0 Å². The number of nitrogens with zero attached hydrogens (tertiary/aromatic N) is 4. The number of allylic oxidation sites excluding steroid dienone is 1. The average Bonchev–Trinajstić information content (AvgIpc) is 3.09. The van der Waals surface area contributed by atoms with Gasteiger partial charge in [0.15, 0.2) is 29.4 Å². The molecule has 0 radical (unpaired) electrons. The minimum absolute atomic E-state index is 0.0959. The van der Waals surface area contributed by atoms with Crippen molar-refractivity contribution < 1.29 is 4.57 Å². The molecule has 7 rings (SSSR count). The van der Waals surface area contributed by atoms with Gasteiger partial charge in [0.1, 0.15) is 0 Å². The molecule has 0 unspecified atom stereocenters. The molecule has 4 heteroatoms. The summed E-state index contributed by atoms with van der Waals surface area (Å²) in [7, 11) is 0. The van der Waals surface area contributed by atoms with Gasteiger partial charge in [-0.15, -0.1) is 0 Å². The summed E-state index contributed by atoms with van der Waals surface area (Å²) in [5, 5.41) is 0. The fraction of sp³-hybridized carbons (Fsp3) is 0.128. The molecule has 0 amide bonds. The molecule has 0 spiro atoms. The minimum Gasteiger partial charge on any atom is -0.208 e. The fourth-order valence-electron chi connectivity index (χ4n) is 6.45. The largest absolute Gasteiger partial charge is 0.218 e. The van der Waals surface area contributed by atoms with Crippen molar-refractivity contribution in [3.63, 3.8) is 0 Å². The van der Waals surface area contributed by atoms with Gasteiger partial charge in [-0.25, -0.2) is 15.0 Å². The predicted octanol–water partition coefficient (Wildman–Crippen LogP) is 9.04. The Balaban J connectivity index is 1.36. The molecule has 1 aliphatic rings. The van der Waals surface area contributed by atoms with E-state index in [9.17, 15) is 0 Å². The Bertz CT molecular complexity index is 1900. The molecule has 208 valence electrons. The molecule has 0 bridgehead atoms. The number of rotatable bonds is 6. The van der Waals surface area contributed by atoms with Crippen LogP contribution in [0.25, 0.3) is 62.2 Å². The summed E-state index contributed by atoms with van der Waals surface area (Å²) < 4.78 is 2.27. The number of fused-ring (bicyclic) bond motifs is 3. The summed E-state index contributed by atoms with van der Waals surface area (Å²) in [6.07, 6.45) is 4.14. The number of pyridine rings is 1. The van der Waals surface area contributed by atoms with Gasteiger partial charge in [-0.05, 0) is 54.3 Å². The average molecular weight is 558 g/mol. The minimum atomic E-state index is -0.0959. The molecule has 1 aliphatic heterocycles. The molecular formula is C39H33N4+. The number of benzene rings is 4. The van der Waals surface area contributed by atoms with Crippen LogP contribution >= 0.6 is 0 Å². The highest BCUT2D eigenvalue weighted by atomic mass is 15.0. The van der Waals surface area contributed by atoms with Gasteiger partial charge in [-0.3, -0.25) is 0 Å². The van der Waals surface area contributed by atoms with Crippen LogP contribution in [-0.2, 0) is 5.41 Å². The van der Waals surface area contributed by atoms with Gasteiger partial charge in [0.05, 0.1) is 11.0 Å². The number of hydrogen-bond acceptors (Lipinski definition) is 3. The first kappa shape index (κ1) is 26.7. The molecule has 6 aromatic rings. The molecule has 4 aromatic carbocycles. The molecular weight excluding hydrogens is 524 g/mol. The third-order valence-electron chi connectivity index (χ3n) is 8.87. The van der Waals surface area contributed by atoms with Crippen LogP contribution in [0.5, 0.6) is 0 Å². The van der Waals surface area contributed by atoms with E-state index in [0.717, 1.165) is 46.4 Å².